The van der Waals surface area contributed by atoms with E-state index in [2.05, 4.69) is 4.72 Å². The molecule has 5 nitrogen and oxygen atoms in total. The van der Waals surface area contributed by atoms with Gasteiger partial charge in [0.1, 0.15) is 10.6 Å². The number of rotatable bonds is 6. The van der Waals surface area contributed by atoms with Crippen LogP contribution in [0.25, 0.3) is 0 Å². The van der Waals surface area contributed by atoms with Gasteiger partial charge >= 0.3 is 0 Å². The highest BCUT2D eigenvalue weighted by Crippen LogP contribution is 2.28. The summed E-state index contributed by atoms with van der Waals surface area (Å²) in [5.74, 6) is 0.432. The zero-order valence-electron chi connectivity index (χ0n) is 12.4. The van der Waals surface area contributed by atoms with Gasteiger partial charge in [-0.2, -0.15) is 0 Å². The van der Waals surface area contributed by atoms with E-state index in [9.17, 15) is 8.42 Å². The summed E-state index contributed by atoms with van der Waals surface area (Å²) in [6.07, 6.45) is 4.40. The lowest BCUT2D eigenvalue weighted by atomic mass is 9.94. The number of hydrogen-bond acceptors (Lipinski definition) is 4. The summed E-state index contributed by atoms with van der Waals surface area (Å²) < 4.78 is 33.1. The zero-order chi connectivity index (χ0) is 15.3. The third-order valence-electron chi connectivity index (χ3n) is 3.69. The van der Waals surface area contributed by atoms with Crippen LogP contribution in [-0.4, -0.2) is 27.1 Å². The average Bonchev–Trinajstić information content (AvgIpc) is 2.48. The predicted molar refractivity (Wildman–Crippen MR) is 82.8 cm³/mol. The van der Waals surface area contributed by atoms with Gasteiger partial charge in [-0.15, -0.1) is 0 Å². The van der Waals surface area contributed by atoms with E-state index in [0.29, 0.717) is 12.3 Å². The smallest absolute Gasteiger partial charge is 0.244 e. The van der Waals surface area contributed by atoms with Crippen molar-refractivity contribution in [1.82, 2.24) is 4.72 Å². The van der Waals surface area contributed by atoms with Gasteiger partial charge in [-0.1, -0.05) is 19.1 Å². The quantitative estimate of drug-likeness (QED) is 0.842. The molecule has 118 valence electrons. The first kappa shape index (κ1) is 16.3. The van der Waals surface area contributed by atoms with Crippen LogP contribution in [0.1, 0.15) is 39.0 Å². The lowest BCUT2D eigenvalue weighted by molar-refractivity contribution is 0.143. The summed E-state index contributed by atoms with van der Waals surface area (Å²) in [5, 5.41) is 0. The molecular weight excluding hydrogens is 288 g/mol. The highest BCUT2D eigenvalue weighted by Gasteiger charge is 2.24. The molecular formula is C15H24N2O3S. The average molecular weight is 312 g/mol. The fraction of sp³-hybridized carbons (Fsp3) is 0.600. The standard InChI is InChI=1S/C15H24N2O3S/c1-2-11-17-21(18,19)15-6-4-3-5-14(15)20-13-9-7-12(16)8-10-13/h3-6,12-13,17H,2,7-11,16H2,1H3. The predicted octanol–water partition coefficient (Wildman–Crippen LogP) is 2.02. The zero-order valence-corrected chi connectivity index (χ0v) is 13.2. The van der Waals surface area contributed by atoms with Gasteiger partial charge in [0.05, 0.1) is 6.10 Å². The fourth-order valence-electron chi connectivity index (χ4n) is 2.47. The number of sulfonamides is 1. The molecule has 2 rings (SSSR count). The maximum Gasteiger partial charge on any atom is 0.244 e. The summed E-state index contributed by atoms with van der Waals surface area (Å²) in [6.45, 7) is 2.35. The van der Waals surface area contributed by atoms with Crippen LogP contribution < -0.4 is 15.2 Å². The Labute approximate surface area is 126 Å². The molecule has 3 N–H and O–H groups in total. The topological polar surface area (TPSA) is 81.4 Å². The number of nitrogens with one attached hydrogen (secondary N) is 1. The van der Waals surface area contributed by atoms with Crippen molar-refractivity contribution >= 4 is 10.0 Å². The van der Waals surface area contributed by atoms with E-state index in [1.165, 1.54) is 0 Å². The molecule has 1 aliphatic rings. The monoisotopic (exact) mass is 312 g/mol. The van der Waals surface area contributed by atoms with E-state index in [-0.39, 0.29) is 17.0 Å². The first-order valence-electron chi connectivity index (χ1n) is 7.54. The number of ether oxygens (including phenoxy) is 1. The Bertz CT molecular complexity index is 552. The maximum absolute atomic E-state index is 12.3. The highest BCUT2D eigenvalue weighted by atomic mass is 32.2. The molecule has 21 heavy (non-hydrogen) atoms. The number of benzene rings is 1. The molecule has 1 aliphatic carbocycles. The van der Waals surface area contributed by atoms with Gasteiger partial charge in [-0.25, -0.2) is 13.1 Å². The fourth-order valence-corrected chi connectivity index (χ4v) is 3.74. The Balaban J connectivity index is 2.13. The second-order valence-corrected chi connectivity index (χ2v) is 7.23. The molecule has 1 aromatic rings. The summed E-state index contributed by atoms with van der Waals surface area (Å²) in [4.78, 5) is 0.216. The Morgan fingerprint density at radius 1 is 1.24 bits per heavy atom. The number of hydrogen-bond donors (Lipinski definition) is 2. The van der Waals surface area contributed by atoms with Crippen LogP contribution in [0.2, 0.25) is 0 Å². The van der Waals surface area contributed by atoms with E-state index in [4.69, 9.17) is 10.5 Å². The molecule has 0 amide bonds. The van der Waals surface area contributed by atoms with E-state index in [1.807, 2.05) is 6.92 Å². The molecule has 0 aromatic heterocycles. The van der Waals surface area contributed by atoms with Crippen LogP contribution >= 0.6 is 0 Å². The van der Waals surface area contributed by atoms with Gasteiger partial charge in [-0.05, 0) is 44.2 Å². The molecule has 0 atom stereocenters. The largest absolute Gasteiger partial charge is 0.489 e. The Morgan fingerprint density at radius 3 is 2.57 bits per heavy atom. The molecule has 0 spiro atoms. The lowest BCUT2D eigenvalue weighted by Gasteiger charge is -2.27. The van der Waals surface area contributed by atoms with Gasteiger partial charge in [0.2, 0.25) is 10.0 Å². The van der Waals surface area contributed by atoms with Crippen molar-refractivity contribution in [2.75, 3.05) is 6.54 Å². The molecule has 0 heterocycles. The molecule has 1 aromatic carbocycles. The van der Waals surface area contributed by atoms with Gasteiger partial charge < -0.3 is 10.5 Å². The molecule has 0 radical (unpaired) electrons. The summed E-state index contributed by atoms with van der Waals surface area (Å²) in [7, 11) is -3.51. The van der Waals surface area contributed by atoms with E-state index >= 15 is 0 Å². The van der Waals surface area contributed by atoms with E-state index in [1.54, 1.807) is 24.3 Å². The molecule has 0 aliphatic heterocycles. The first-order chi connectivity index (χ1) is 10.0. The van der Waals surface area contributed by atoms with Crippen LogP contribution in [0.5, 0.6) is 5.75 Å². The van der Waals surface area contributed by atoms with Crippen LogP contribution in [0.3, 0.4) is 0 Å². The van der Waals surface area contributed by atoms with Gasteiger partial charge in [0.25, 0.3) is 0 Å². The van der Waals surface area contributed by atoms with Crippen LogP contribution in [0.4, 0.5) is 0 Å². The Morgan fingerprint density at radius 2 is 1.90 bits per heavy atom. The van der Waals surface area contributed by atoms with Crippen molar-refractivity contribution in [3.05, 3.63) is 24.3 Å². The van der Waals surface area contributed by atoms with Crippen LogP contribution in [0, 0.1) is 0 Å². The first-order valence-corrected chi connectivity index (χ1v) is 9.02. The lowest BCUT2D eigenvalue weighted by Crippen LogP contribution is -2.32. The van der Waals surface area contributed by atoms with Crippen LogP contribution in [-0.2, 0) is 10.0 Å². The third-order valence-corrected chi connectivity index (χ3v) is 5.19. The van der Waals surface area contributed by atoms with Gasteiger partial charge in [0.15, 0.2) is 0 Å². The van der Waals surface area contributed by atoms with Crippen molar-refractivity contribution in [3.8, 4) is 5.75 Å². The second-order valence-electron chi connectivity index (χ2n) is 5.50. The van der Waals surface area contributed by atoms with Gasteiger partial charge in [0, 0.05) is 12.6 Å². The summed E-state index contributed by atoms with van der Waals surface area (Å²) >= 11 is 0. The van der Waals surface area contributed by atoms with Crippen molar-refractivity contribution in [1.29, 1.82) is 0 Å². The second kappa shape index (κ2) is 7.24. The van der Waals surface area contributed by atoms with Gasteiger partial charge in [-0.3, -0.25) is 0 Å². The van der Waals surface area contributed by atoms with E-state index < -0.39 is 10.0 Å². The maximum atomic E-state index is 12.3. The number of para-hydroxylation sites is 1. The van der Waals surface area contributed by atoms with Crippen molar-refractivity contribution in [3.63, 3.8) is 0 Å². The molecule has 1 saturated carbocycles. The molecule has 6 heteroatoms. The van der Waals surface area contributed by atoms with Crippen molar-refractivity contribution in [2.24, 2.45) is 5.73 Å². The SMILES string of the molecule is CCCNS(=O)(=O)c1ccccc1OC1CCC(N)CC1. The minimum Gasteiger partial charge on any atom is -0.489 e. The minimum absolute atomic E-state index is 0.0484. The van der Waals surface area contributed by atoms with Crippen molar-refractivity contribution < 1.29 is 13.2 Å². The Hall–Kier alpha value is -1.11. The van der Waals surface area contributed by atoms with Crippen LogP contribution in [0.15, 0.2) is 29.2 Å². The van der Waals surface area contributed by atoms with E-state index in [0.717, 1.165) is 32.1 Å². The normalized spacial score (nSPS) is 23.0. The highest BCUT2D eigenvalue weighted by molar-refractivity contribution is 7.89. The third kappa shape index (κ3) is 4.43. The summed E-state index contributed by atoms with van der Waals surface area (Å²) in [5.41, 5.74) is 5.88. The Kier molecular flexibility index (Phi) is 5.61. The molecule has 0 unspecified atom stereocenters. The summed E-state index contributed by atoms with van der Waals surface area (Å²) in [6, 6.07) is 7.05. The number of nitrogens with two attached hydrogens (primary N) is 1. The minimum atomic E-state index is -3.51. The molecule has 0 saturated heterocycles. The van der Waals surface area contributed by atoms with Crippen molar-refractivity contribution in [2.45, 2.75) is 56.1 Å². The molecule has 0 bridgehead atoms. The molecule has 1 fully saturated rings.